The third kappa shape index (κ3) is 1.82. The summed E-state index contributed by atoms with van der Waals surface area (Å²) in [6.07, 6.45) is 0. The van der Waals surface area contributed by atoms with Crippen molar-refractivity contribution in [2.75, 3.05) is 0 Å². The molecule has 0 unspecified atom stereocenters. The molecule has 0 bridgehead atoms. The summed E-state index contributed by atoms with van der Waals surface area (Å²) in [6.45, 7) is 8.89. The predicted molar refractivity (Wildman–Crippen MR) is 68.6 cm³/mol. The smallest absolute Gasteiger partial charge is 0.198 e. The van der Waals surface area contributed by atoms with Crippen LogP contribution in [0.2, 0.25) is 0 Å². The van der Waals surface area contributed by atoms with Crippen molar-refractivity contribution in [1.82, 2.24) is 0 Å². The number of hydrogen-bond acceptors (Lipinski definition) is 0. The van der Waals surface area contributed by atoms with Crippen LogP contribution in [0.3, 0.4) is 0 Å². The van der Waals surface area contributed by atoms with Gasteiger partial charge in [0, 0.05) is 22.9 Å². The van der Waals surface area contributed by atoms with Crippen LogP contribution in [0.5, 0.6) is 0 Å². The van der Waals surface area contributed by atoms with Gasteiger partial charge in [-0.15, -0.1) is 0 Å². The lowest BCUT2D eigenvalue weighted by Gasteiger charge is -2.16. The minimum atomic E-state index is 0.188. The molecule has 0 atom stereocenters. The number of hydrogen-bond donors (Lipinski definition) is 0. The van der Waals surface area contributed by atoms with E-state index in [0.29, 0.717) is 0 Å². The first kappa shape index (κ1) is 11.1. The van der Waals surface area contributed by atoms with Crippen molar-refractivity contribution < 1.29 is 4.57 Å². The molecule has 0 fully saturated rings. The molecule has 0 aliphatic carbocycles. The van der Waals surface area contributed by atoms with Gasteiger partial charge in [0.2, 0.25) is 5.52 Å². The fourth-order valence-electron chi connectivity index (χ4n) is 2.28. The topological polar surface area (TPSA) is 3.88 Å². The standard InChI is InChI=1S/C15H20N/c1-11-6-8-13-12(10-11)7-9-14(16(13)5)15(2,3)4/h6-10H,1-5H3/q+1. The van der Waals surface area contributed by atoms with Crippen molar-refractivity contribution in [2.24, 2.45) is 7.05 Å². The van der Waals surface area contributed by atoms with Gasteiger partial charge in [0.25, 0.3) is 0 Å². The number of rotatable bonds is 0. The Morgan fingerprint density at radius 3 is 2.31 bits per heavy atom. The van der Waals surface area contributed by atoms with Gasteiger partial charge in [0.15, 0.2) is 5.69 Å². The first-order valence-corrected chi connectivity index (χ1v) is 5.79. The number of aromatic nitrogens is 1. The number of benzene rings is 1. The lowest BCUT2D eigenvalue weighted by molar-refractivity contribution is -0.656. The molecule has 1 heteroatoms. The van der Waals surface area contributed by atoms with Crippen LogP contribution in [0.15, 0.2) is 30.3 Å². The number of nitrogens with zero attached hydrogens (tertiary/aromatic N) is 1. The van der Waals surface area contributed by atoms with Gasteiger partial charge >= 0.3 is 0 Å². The van der Waals surface area contributed by atoms with Crippen LogP contribution in [0, 0.1) is 6.92 Å². The van der Waals surface area contributed by atoms with E-state index in [1.807, 2.05) is 0 Å². The minimum Gasteiger partial charge on any atom is -0.198 e. The summed E-state index contributed by atoms with van der Waals surface area (Å²) in [5.74, 6) is 0. The summed E-state index contributed by atoms with van der Waals surface area (Å²) in [6, 6.07) is 11.1. The second-order valence-electron chi connectivity index (χ2n) is 5.59. The summed E-state index contributed by atoms with van der Waals surface area (Å²) < 4.78 is 2.30. The molecule has 0 aliphatic rings. The van der Waals surface area contributed by atoms with Gasteiger partial charge < -0.3 is 0 Å². The molecule has 0 N–H and O–H groups in total. The summed E-state index contributed by atoms with van der Waals surface area (Å²) in [5, 5.41) is 1.32. The van der Waals surface area contributed by atoms with Crippen molar-refractivity contribution in [1.29, 1.82) is 0 Å². The quantitative estimate of drug-likeness (QED) is 0.593. The zero-order valence-electron chi connectivity index (χ0n) is 10.8. The Labute approximate surface area is 97.7 Å². The average Bonchev–Trinajstić information content (AvgIpc) is 2.15. The van der Waals surface area contributed by atoms with Crippen LogP contribution in [0.1, 0.15) is 32.0 Å². The van der Waals surface area contributed by atoms with Gasteiger partial charge in [-0.3, -0.25) is 0 Å². The van der Waals surface area contributed by atoms with Crippen molar-refractivity contribution in [2.45, 2.75) is 33.1 Å². The van der Waals surface area contributed by atoms with Crippen molar-refractivity contribution in [3.63, 3.8) is 0 Å². The molecule has 0 spiro atoms. The SMILES string of the molecule is Cc1ccc2c(ccc(C(C)(C)C)[n+]2C)c1. The molecule has 1 aromatic carbocycles. The highest BCUT2D eigenvalue weighted by Crippen LogP contribution is 2.21. The Kier molecular flexibility index (Phi) is 2.49. The maximum Gasteiger partial charge on any atom is 0.212 e. The van der Waals surface area contributed by atoms with E-state index >= 15 is 0 Å². The zero-order valence-corrected chi connectivity index (χ0v) is 10.8. The van der Waals surface area contributed by atoms with Crippen molar-refractivity contribution in [3.05, 3.63) is 41.6 Å². The Morgan fingerprint density at radius 2 is 1.69 bits per heavy atom. The number of aryl methyl sites for hydroxylation is 2. The van der Waals surface area contributed by atoms with Gasteiger partial charge in [-0.1, -0.05) is 32.4 Å². The molecule has 1 aromatic heterocycles. The third-order valence-electron chi connectivity index (χ3n) is 3.09. The van der Waals surface area contributed by atoms with E-state index in [4.69, 9.17) is 0 Å². The van der Waals surface area contributed by atoms with E-state index < -0.39 is 0 Å². The molecule has 1 nitrogen and oxygen atoms in total. The average molecular weight is 214 g/mol. The van der Waals surface area contributed by atoms with Gasteiger partial charge in [-0.05, 0) is 19.1 Å². The van der Waals surface area contributed by atoms with Gasteiger partial charge in [0.1, 0.15) is 7.05 Å². The monoisotopic (exact) mass is 214 g/mol. The van der Waals surface area contributed by atoms with Crippen molar-refractivity contribution in [3.8, 4) is 0 Å². The van der Waals surface area contributed by atoms with E-state index in [1.165, 1.54) is 22.2 Å². The van der Waals surface area contributed by atoms with Crippen LogP contribution in [-0.2, 0) is 12.5 Å². The molecule has 0 amide bonds. The number of pyridine rings is 1. The summed E-state index contributed by atoms with van der Waals surface area (Å²) in [7, 11) is 2.15. The zero-order chi connectivity index (χ0) is 11.9. The lowest BCUT2D eigenvalue weighted by atomic mass is 9.90. The first-order chi connectivity index (χ1) is 7.39. The first-order valence-electron chi connectivity index (χ1n) is 5.79. The van der Waals surface area contributed by atoms with E-state index in [2.05, 4.69) is 69.6 Å². The van der Waals surface area contributed by atoms with Crippen molar-refractivity contribution >= 4 is 10.9 Å². The van der Waals surface area contributed by atoms with Crippen LogP contribution in [-0.4, -0.2) is 0 Å². The van der Waals surface area contributed by atoms with Crippen LogP contribution >= 0.6 is 0 Å². The molecule has 2 aromatic rings. The van der Waals surface area contributed by atoms with Crippen LogP contribution < -0.4 is 4.57 Å². The summed E-state index contributed by atoms with van der Waals surface area (Å²) >= 11 is 0. The molecule has 16 heavy (non-hydrogen) atoms. The molecule has 2 rings (SSSR count). The van der Waals surface area contributed by atoms with Crippen LogP contribution in [0.4, 0.5) is 0 Å². The normalized spacial score (nSPS) is 12.1. The second kappa shape index (κ2) is 3.58. The van der Waals surface area contributed by atoms with Gasteiger partial charge in [0.05, 0.1) is 0 Å². The van der Waals surface area contributed by atoms with E-state index in [-0.39, 0.29) is 5.41 Å². The summed E-state index contributed by atoms with van der Waals surface area (Å²) in [4.78, 5) is 0. The molecule has 0 radical (unpaired) electrons. The molecular weight excluding hydrogens is 194 g/mol. The largest absolute Gasteiger partial charge is 0.212 e. The Balaban J connectivity index is 2.75. The Hall–Kier alpha value is -1.37. The maximum atomic E-state index is 2.30. The van der Waals surface area contributed by atoms with E-state index in [1.54, 1.807) is 0 Å². The fourth-order valence-corrected chi connectivity index (χ4v) is 2.28. The molecule has 1 heterocycles. The fraction of sp³-hybridized carbons (Fsp3) is 0.400. The minimum absolute atomic E-state index is 0.188. The predicted octanol–water partition coefficient (Wildman–Crippen LogP) is 3.27. The lowest BCUT2D eigenvalue weighted by Crippen LogP contribution is -2.40. The molecule has 0 aliphatic heterocycles. The third-order valence-corrected chi connectivity index (χ3v) is 3.09. The molecule has 84 valence electrons. The number of fused-ring (bicyclic) bond motifs is 1. The van der Waals surface area contributed by atoms with E-state index in [0.717, 1.165) is 0 Å². The van der Waals surface area contributed by atoms with Crippen LogP contribution in [0.25, 0.3) is 10.9 Å². The molecule has 0 saturated heterocycles. The highest BCUT2D eigenvalue weighted by molar-refractivity contribution is 5.76. The van der Waals surface area contributed by atoms with Gasteiger partial charge in [-0.25, -0.2) is 0 Å². The highest BCUT2D eigenvalue weighted by atomic mass is 14.9. The Bertz CT molecular complexity index is 533. The summed E-state index contributed by atoms with van der Waals surface area (Å²) in [5.41, 5.74) is 4.17. The second-order valence-corrected chi connectivity index (χ2v) is 5.59. The highest BCUT2D eigenvalue weighted by Gasteiger charge is 2.24. The van der Waals surface area contributed by atoms with E-state index in [9.17, 15) is 0 Å². The molecular formula is C15H20N+. The van der Waals surface area contributed by atoms with Gasteiger partial charge in [-0.2, -0.15) is 4.57 Å². The maximum absolute atomic E-state index is 2.30. The molecule has 0 saturated carbocycles. The Morgan fingerprint density at radius 1 is 1.00 bits per heavy atom.